The first-order chi connectivity index (χ1) is 8.43. The first-order valence-corrected chi connectivity index (χ1v) is 5.28. The maximum absolute atomic E-state index is 12.6. The molecule has 2 rings (SSSR count). The van der Waals surface area contributed by atoms with Crippen LogP contribution in [0.3, 0.4) is 0 Å². The summed E-state index contributed by atoms with van der Waals surface area (Å²) in [5.41, 5.74) is 0.0694. The standard InChI is InChI=1S/C8H5BrF3N5O/c1-18-6-5(9)2-4(3-13-6)17-7(8(10,11)12)14-15-16-17/h2-3H,1H3. The van der Waals surface area contributed by atoms with E-state index in [1.165, 1.54) is 19.4 Å². The van der Waals surface area contributed by atoms with Crippen molar-refractivity contribution in [2.24, 2.45) is 0 Å². The molecule has 0 unspecified atom stereocenters. The third-order valence-corrected chi connectivity index (χ3v) is 2.52. The maximum atomic E-state index is 12.6. The molecule has 0 aliphatic carbocycles. The minimum absolute atomic E-state index is 0.0694. The second kappa shape index (κ2) is 4.52. The van der Waals surface area contributed by atoms with Crippen molar-refractivity contribution in [3.05, 3.63) is 22.6 Å². The molecular formula is C8H5BrF3N5O. The summed E-state index contributed by atoms with van der Waals surface area (Å²) in [4.78, 5) is 3.82. The van der Waals surface area contributed by atoms with Crippen LogP contribution >= 0.6 is 15.9 Å². The molecule has 0 aliphatic heterocycles. The summed E-state index contributed by atoms with van der Waals surface area (Å²) in [6.07, 6.45) is -3.47. The molecule has 0 radical (unpaired) electrons. The number of pyridine rings is 1. The summed E-state index contributed by atoms with van der Waals surface area (Å²) in [5.74, 6) is -0.971. The van der Waals surface area contributed by atoms with Crippen molar-refractivity contribution in [3.63, 3.8) is 0 Å². The highest BCUT2D eigenvalue weighted by Gasteiger charge is 2.38. The number of methoxy groups -OCH3 is 1. The molecule has 6 nitrogen and oxygen atoms in total. The average molecular weight is 324 g/mol. The number of nitrogens with zero attached hydrogens (tertiary/aromatic N) is 5. The zero-order valence-corrected chi connectivity index (χ0v) is 10.4. The fraction of sp³-hybridized carbons (Fsp3) is 0.250. The molecule has 0 N–H and O–H groups in total. The second-order valence-electron chi connectivity index (χ2n) is 3.10. The van der Waals surface area contributed by atoms with Crippen molar-refractivity contribution in [2.45, 2.75) is 6.18 Å². The predicted molar refractivity (Wildman–Crippen MR) is 56.2 cm³/mol. The van der Waals surface area contributed by atoms with Crippen molar-refractivity contribution >= 4 is 15.9 Å². The summed E-state index contributed by atoms with van der Waals surface area (Å²) in [7, 11) is 1.39. The first-order valence-electron chi connectivity index (χ1n) is 4.49. The quantitative estimate of drug-likeness (QED) is 0.843. The molecule has 0 aliphatic rings. The Morgan fingerprint density at radius 1 is 1.39 bits per heavy atom. The molecule has 0 aromatic carbocycles. The van der Waals surface area contributed by atoms with Gasteiger partial charge in [-0.1, -0.05) is 0 Å². The molecule has 96 valence electrons. The second-order valence-corrected chi connectivity index (χ2v) is 3.95. The molecule has 0 bridgehead atoms. The predicted octanol–water partition coefficient (Wildman–Crippen LogP) is 1.85. The fourth-order valence-corrected chi connectivity index (χ4v) is 1.72. The van der Waals surface area contributed by atoms with Crippen LogP contribution in [0.1, 0.15) is 5.82 Å². The summed E-state index contributed by atoms with van der Waals surface area (Å²) < 4.78 is 43.6. The minimum Gasteiger partial charge on any atom is -0.480 e. The lowest BCUT2D eigenvalue weighted by Gasteiger charge is -2.08. The molecule has 0 amide bonds. The van der Waals surface area contributed by atoms with E-state index in [4.69, 9.17) is 4.74 Å². The first kappa shape index (κ1) is 12.7. The van der Waals surface area contributed by atoms with E-state index >= 15 is 0 Å². The van der Waals surface area contributed by atoms with E-state index in [1.54, 1.807) is 0 Å². The van der Waals surface area contributed by atoms with Gasteiger partial charge in [-0.25, -0.2) is 4.98 Å². The summed E-state index contributed by atoms with van der Waals surface area (Å²) in [5, 5.41) is 9.23. The topological polar surface area (TPSA) is 65.7 Å². The largest absolute Gasteiger partial charge is 0.480 e. The van der Waals surface area contributed by atoms with Gasteiger partial charge >= 0.3 is 6.18 Å². The van der Waals surface area contributed by atoms with Gasteiger partial charge in [0.25, 0.3) is 5.82 Å². The van der Waals surface area contributed by atoms with Gasteiger partial charge < -0.3 is 4.74 Å². The van der Waals surface area contributed by atoms with E-state index in [0.717, 1.165) is 0 Å². The van der Waals surface area contributed by atoms with Crippen molar-refractivity contribution in [2.75, 3.05) is 7.11 Å². The highest BCUT2D eigenvalue weighted by Crippen LogP contribution is 2.30. The lowest BCUT2D eigenvalue weighted by atomic mass is 10.4. The summed E-state index contributed by atoms with van der Waals surface area (Å²) >= 11 is 3.12. The molecular weight excluding hydrogens is 319 g/mol. The number of rotatable bonds is 2. The van der Waals surface area contributed by atoms with Crippen molar-refractivity contribution in [1.29, 1.82) is 0 Å². The number of hydrogen-bond donors (Lipinski definition) is 0. The summed E-state index contributed by atoms with van der Waals surface area (Å²) in [6.45, 7) is 0. The number of tetrazole rings is 1. The van der Waals surface area contributed by atoms with Gasteiger partial charge in [0.2, 0.25) is 5.88 Å². The highest BCUT2D eigenvalue weighted by molar-refractivity contribution is 9.10. The Kier molecular flexibility index (Phi) is 3.20. The minimum atomic E-state index is -4.64. The number of halogens is 4. The molecule has 18 heavy (non-hydrogen) atoms. The Labute approximate surface area is 107 Å². The third-order valence-electron chi connectivity index (χ3n) is 1.95. The van der Waals surface area contributed by atoms with Crippen LogP contribution in [-0.2, 0) is 6.18 Å². The van der Waals surface area contributed by atoms with Gasteiger partial charge in [0.1, 0.15) is 0 Å². The molecule has 0 spiro atoms. The number of aromatic nitrogens is 5. The molecule has 2 heterocycles. The van der Waals surface area contributed by atoms with Crippen LogP contribution in [0, 0.1) is 0 Å². The van der Waals surface area contributed by atoms with Gasteiger partial charge in [-0.2, -0.15) is 17.9 Å². The van der Waals surface area contributed by atoms with Crippen molar-refractivity contribution < 1.29 is 17.9 Å². The van der Waals surface area contributed by atoms with Crippen LogP contribution < -0.4 is 4.74 Å². The average Bonchev–Trinajstić information content (AvgIpc) is 2.77. The summed E-state index contributed by atoms with van der Waals surface area (Å²) in [6, 6.07) is 1.37. The Bertz CT molecular complexity index is 570. The van der Waals surface area contributed by atoms with Crippen molar-refractivity contribution in [3.8, 4) is 11.6 Å². The number of alkyl halides is 3. The molecule has 0 fully saturated rings. The van der Waals surface area contributed by atoms with E-state index in [2.05, 4.69) is 36.4 Å². The van der Waals surface area contributed by atoms with Crippen LogP contribution in [0.4, 0.5) is 13.2 Å². The Balaban J connectivity index is 2.50. The van der Waals surface area contributed by atoms with Crippen LogP contribution in [-0.4, -0.2) is 32.3 Å². The third kappa shape index (κ3) is 2.28. The number of hydrogen-bond acceptors (Lipinski definition) is 5. The fourth-order valence-electron chi connectivity index (χ4n) is 1.22. The van der Waals surface area contributed by atoms with Gasteiger partial charge in [-0.3, -0.25) is 0 Å². The van der Waals surface area contributed by atoms with Gasteiger partial charge in [0.15, 0.2) is 0 Å². The smallest absolute Gasteiger partial charge is 0.453 e. The van der Waals surface area contributed by atoms with E-state index < -0.39 is 12.0 Å². The van der Waals surface area contributed by atoms with Gasteiger partial charge in [-0.05, 0) is 32.4 Å². The molecule has 2 aromatic rings. The Hall–Kier alpha value is -1.71. The normalized spacial score (nSPS) is 11.6. The Morgan fingerprint density at radius 2 is 2.11 bits per heavy atom. The molecule has 0 saturated carbocycles. The van der Waals surface area contributed by atoms with Crippen LogP contribution in [0.15, 0.2) is 16.7 Å². The van der Waals surface area contributed by atoms with Gasteiger partial charge in [0.05, 0.1) is 23.5 Å². The monoisotopic (exact) mass is 323 g/mol. The van der Waals surface area contributed by atoms with E-state index in [-0.39, 0.29) is 11.6 Å². The lowest BCUT2D eigenvalue weighted by molar-refractivity contribution is -0.146. The Morgan fingerprint density at radius 3 is 2.67 bits per heavy atom. The van der Waals surface area contributed by atoms with Crippen molar-refractivity contribution in [1.82, 2.24) is 25.2 Å². The molecule has 2 aromatic heterocycles. The zero-order valence-electron chi connectivity index (χ0n) is 8.81. The van der Waals surface area contributed by atoms with E-state index in [9.17, 15) is 13.2 Å². The van der Waals surface area contributed by atoms with Crippen LogP contribution in [0.5, 0.6) is 5.88 Å². The lowest BCUT2D eigenvalue weighted by Crippen LogP contribution is -2.15. The van der Waals surface area contributed by atoms with Crippen LogP contribution in [0.25, 0.3) is 5.69 Å². The molecule has 10 heteroatoms. The van der Waals surface area contributed by atoms with Gasteiger partial charge in [-0.15, -0.1) is 5.10 Å². The highest BCUT2D eigenvalue weighted by atomic mass is 79.9. The van der Waals surface area contributed by atoms with E-state index in [0.29, 0.717) is 9.15 Å². The zero-order chi connectivity index (χ0) is 13.3. The van der Waals surface area contributed by atoms with Crippen LogP contribution in [0.2, 0.25) is 0 Å². The van der Waals surface area contributed by atoms with E-state index in [1.807, 2.05) is 0 Å². The SMILES string of the molecule is COc1ncc(-n2nnnc2C(F)(F)F)cc1Br. The maximum Gasteiger partial charge on any atom is 0.453 e. The molecule has 0 atom stereocenters. The molecule has 0 saturated heterocycles. The number of ether oxygens (including phenoxy) is 1. The van der Waals surface area contributed by atoms with Gasteiger partial charge in [0, 0.05) is 0 Å².